The van der Waals surface area contributed by atoms with Crippen molar-refractivity contribution in [3.63, 3.8) is 0 Å². The molecule has 1 aromatic carbocycles. The number of aliphatic carboxylic acids is 1. The van der Waals surface area contributed by atoms with Crippen LogP contribution in [0.1, 0.15) is 56.2 Å². The van der Waals surface area contributed by atoms with Crippen molar-refractivity contribution < 1.29 is 24.5 Å². The zero-order valence-corrected chi connectivity index (χ0v) is 16.8. The first-order valence-electron chi connectivity index (χ1n) is 9.63. The molecule has 150 valence electrons. The summed E-state index contributed by atoms with van der Waals surface area (Å²) in [5, 5.41) is 11.9. The van der Waals surface area contributed by atoms with Gasteiger partial charge in [-0.2, -0.15) is 0 Å². The number of nitrogens with one attached hydrogen (secondary N) is 1. The Bertz CT molecular complexity index is 626. The first-order chi connectivity index (χ1) is 12.7. The Morgan fingerprint density at radius 3 is 2.37 bits per heavy atom. The molecule has 0 saturated heterocycles. The normalized spacial score (nSPS) is 16.9. The Balaban J connectivity index is 1.77. The van der Waals surface area contributed by atoms with E-state index in [1.807, 2.05) is 19.1 Å². The number of hydrogen-bond acceptors (Lipinski definition) is 5. The minimum absolute atomic E-state index is 0.0135. The molecular formula is C20H31NO5P+. The van der Waals surface area contributed by atoms with Gasteiger partial charge in [0, 0.05) is 6.04 Å². The third kappa shape index (κ3) is 8.06. The van der Waals surface area contributed by atoms with E-state index in [9.17, 15) is 19.4 Å². The maximum Gasteiger partial charge on any atom is 0.307 e. The fraction of sp³-hybridized carbons (Fsp3) is 0.600. The number of carboxylic acid groups (broad SMARTS) is 1. The zero-order chi connectivity index (χ0) is 19.9. The van der Waals surface area contributed by atoms with E-state index in [4.69, 9.17) is 5.11 Å². The molecular weight excluding hydrogens is 365 g/mol. The van der Waals surface area contributed by atoms with Gasteiger partial charge in [-0.3, -0.25) is 9.59 Å². The second kappa shape index (κ2) is 10.3. The van der Waals surface area contributed by atoms with Crippen molar-refractivity contribution in [1.29, 1.82) is 0 Å². The van der Waals surface area contributed by atoms with Gasteiger partial charge in [0.05, 0.1) is 13.0 Å². The van der Waals surface area contributed by atoms with Crippen LogP contribution in [-0.4, -0.2) is 45.5 Å². The third-order valence-electron chi connectivity index (χ3n) is 5.15. The highest BCUT2D eigenvalue weighted by atomic mass is 31.2. The van der Waals surface area contributed by atoms with Crippen LogP contribution in [0.25, 0.3) is 0 Å². The second-order valence-corrected chi connectivity index (χ2v) is 10.1. The monoisotopic (exact) mass is 396 g/mol. The standard InChI is InChI=1S/C20H30NO5P/c1-15(18-9-7-16(8-10-18)11-20(23)24)21-12-19(22)14-27(25,26)13-17-5-3-2-4-6-17/h7-10,15,17,21,25-26H,2-6,11-14H2,1H3/p+1. The summed E-state index contributed by atoms with van der Waals surface area (Å²) in [5.74, 6) is -0.711. The molecule has 27 heavy (non-hydrogen) atoms. The lowest BCUT2D eigenvalue weighted by atomic mass is 9.91. The Morgan fingerprint density at radius 1 is 1.15 bits per heavy atom. The van der Waals surface area contributed by atoms with Gasteiger partial charge < -0.3 is 10.4 Å². The van der Waals surface area contributed by atoms with Crippen LogP contribution in [0.15, 0.2) is 24.3 Å². The Hall–Kier alpha value is -1.33. The number of carbonyl (C=O) groups excluding carboxylic acids is 1. The molecule has 0 heterocycles. The molecule has 1 aliphatic carbocycles. The van der Waals surface area contributed by atoms with E-state index >= 15 is 0 Å². The minimum Gasteiger partial charge on any atom is -0.481 e. The summed E-state index contributed by atoms with van der Waals surface area (Å²) in [6.45, 7) is 2.01. The molecule has 7 heteroatoms. The van der Waals surface area contributed by atoms with Gasteiger partial charge in [0.15, 0.2) is 11.9 Å². The molecule has 0 aliphatic heterocycles. The lowest BCUT2D eigenvalue weighted by Crippen LogP contribution is -2.29. The van der Waals surface area contributed by atoms with Crippen LogP contribution in [0, 0.1) is 5.92 Å². The summed E-state index contributed by atoms with van der Waals surface area (Å²) >= 11 is 0. The summed E-state index contributed by atoms with van der Waals surface area (Å²) < 4.78 is 0. The summed E-state index contributed by atoms with van der Waals surface area (Å²) in [4.78, 5) is 43.5. The van der Waals surface area contributed by atoms with Gasteiger partial charge in [0.2, 0.25) is 0 Å². The minimum atomic E-state index is -3.16. The maximum absolute atomic E-state index is 12.2. The smallest absolute Gasteiger partial charge is 0.307 e. The molecule has 0 radical (unpaired) electrons. The molecule has 1 fully saturated rings. The van der Waals surface area contributed by atoms with Gasteiger partial charge in [-0.1, -0.05) is 43.5 Å². The third-order valence-corrected chi connectivity index (χ3v) is 7.11. The summed E-state index contributed by atoms with van der Waals surface area (Å²) in [6, 6.07) is 7.14. The number of carboxylic acids is 1. The average Bonchev–Trinajstić information content (AvgIpc) is 2.60. The molecule has 4 N–H and O–H groups in total. The van der Waals surface area contributed by atoms with Crippen LogP contribution in [0.2, 0.25) is 0 Å². The van der Waals surface area contributed by atoms with Crippen molar-refractivity contribution in [1.82, 2.24) is 5.32 Å². The number of rotatable bonds is 10. The van der Waals surface area contributed by atoms with Gasteiger partial charge >= 0.3 is 5.97 Å². The van der Waals surface area contributed by atoms with Crippen LogP contribution in [0.5, 0.6) is 0 Å². The largest absolute Gasteiger partial charge is 0.481 e. The molecule has 0 spiro atoms. The summed E-state index contributed by atoms with van der Waals surface area (Å²) in [5.41, 5.74) is 1.68. The van der Waals surface area contributed by atoms with Gasteiger partial charge in [0.25, 0.3) is 7.72 Å². The molecule has 6 nitrogen and oxygen atoms in total. The Kier molecular flexibility index (Phi) is 8.36. The lowest BCUT2D eigenvalue weighted by Gasteiger charge is -2.23. The molecule has 0 aromatic heterocycles. The van der Waals surface area contributed by atoms with Crippen LogP contribution in [-0.2, 0) is 16.0 Å². The molecule has 1 aliphatic rings. The van der Waals surface area contributed by atoms with E-state index in [0.717, 1.165) is 36.8 Å². The highest BCUT2D eigenvalue weighted by Crippen LogP contribution is 2.53. The van der Waals surface area contributed by atoms with Gasteiger partial charge in [-0.15, -0.1) is 0 Å². The number of carbonyl (C=O) groups is 2. The molecule has 1 aromatic rings. The number of hydrogen-bond donors (Lipinski definition) is 4. The Labute approximate surface area is 161 Å². The van der Waals surface area contributed by atoms with Crippen molar-refractivity contribution in [2.24, 2.45) is 5.92 Å². The van der Waals surface area contributed by atoms with Crippen LogP contribution in [0.4, 0.5) is 0 Å². The zero-order valence-electron chi connectivity index (χ0n) is 15.9. The predicted molar refractivity (Wildman–Crippen MR) is 107 cm³/mol. The molecule has 1 atom stereocenters. The van der Waals surface area contributed by atoms with Crippen molar-refractivity contribution in [3.8, 4) is 0 Å². The van der Waals surface area contributed by atoms with E-state index < -0.39 is 13.7 Å². The molecule has 2 rings (SSSR count). The van der Waals surface area contributed by atoms with Crippen LogP contribution in [0.3, 0.4) is 0 Å². The Morgan fingerprint density at radius 2 is 1.78 bits per heavy atom. The molecule has 1 unspecified atom stereocenters. The highest BCUT2D eigenvalue weighted by molar-refractivity contribution is 7.65. The molecule has 1 saturated carbocycles. The van der Waals surface area contributed by atoms with E-state index in [1.165, 1.54) is 6.42 Å². The fourth-order valence-electron chi connectivity index (χ4n) is 3.67. The van der Waals surface area contributed by atoms with Crippen molar-refractivity contribution >= 4 is 19.5 Å². The maximum atomic E-state index is 12.2. The number of Topliss-reactive ketones (excluding diaryl/α,β-unsaturated/α-hetero) is 1. The van der Waals surface area contributed by atoms with E-state index in [1.54, 1.807) is 12.1 Å². The van der Waals surface area contributed by atoms with Crippen LogP contribution >= 0.6 is 7.72 Å². The lowest BCUT2D eigenvalue weighted by molar-refractivity contribution is -0.136. The van der Waals surface area contributed by atoms with E-state index in [0.29, 0.717) is 12.1 Å². The van der Waals surface area contributed by atoms with Crippen LogP contribution < -0.4 is 5.32 Å². The number of ketones is 1. The van der Waals surface area contributed by atoms with Crippen molar-refractivity contribution in [3.05, 3.63) is 35.4 Å². The number of benzene rings is 1. The predicted octanol–water partition coefficient (Wildman–Crippen LogP) is 2.95. The fourth-order valence-corrected chi connectivity index (χ4v) is 5.67. The van der Waals surface area contributed by atoms with Gasteiger partial charge in [0.1, 0.15) is 6.16 Å². The molecule has 0 amide bonds. The summed E-state index contributed by atoms with van der Waals surface area (Å²) in [7, 11) is -3.16. The van der Waals surface area contributed by atoms with Gasteiger partial charge in [-0.25, -0.2) is 9.79 Å². The van der Waals surface area contributed by atoms with Crippen molar-refractivity contribution in [2.45, 2.75) is 51.5 Å². The highest BCUT2D eigenvalue weighted by Gasteiger charge is 2.39. The van der Waals surface area contributed by atoms with Gasteiger partial charge in [-0.05, 0) is 36.8 Å². The van der Waals surface area contributed by atoms with E-state index in [-0.39, 0.29) is 31.0 Å². The first kappa shape index (κ1) is 22.0. The quantitative estimate of drug-likeness (QED) is 0.453. The average molecular weight is 396 g/mol. The first-order valence-corrected chi connectivity index (χ1v) is 11.7. The molecule has 0 bridgehead atoms. The van der Waals surface area contributed by atoms with E-state index in [2.05, 4.69) is 5.32 Å². The summed E-state index contributed by atoms with van der Waals surface area (Å²) in [6.07, 6.45) is 5.78. The second-order valence-electron chi connectivity index (χ2n) is 7.68. The van der Waals surface area contributed by atoms with Crippen molar-refractivity contribution in [2.75, 3.05) is 18.9 Å². The topological polar surface area (TPSA) is 107 Å². The SMILES string of the molecule is CC(NCC(=O)C[P+](O)(O)CC1CCCCC1)c1ccc(CC(=O)O)cc1.